The van der Waals surface area contributed by atoms with Crippen LogP contribution in [0.4, 0.5) is 11.8 Å². The second-order valence-electron chi connectivity index (χ2n) is 9.18. The number of aliphatic imine (C=N–C) groups is 2. The topological polar surface area (TPSA) is 147 Å². The molecule has 2 aromatic heterocycles. The first-order valence-corrected chi connectivity index (χ1v) is 13.0. The number of oxazole rings is 1. The molecule has 206 valence electrons. The summed E-state index contributed by atoms with van der Waals surface area (Å²) in [4.78, 5) is 42.6. The van der Waals surface area contributed by atoms with Crippen LogP contribution in [0, 0.1) is 0 Å². The van der Waals surface area contributed by atoms with Crippen molar-refractivity contribution in [3.05, 3.63) is 46.6 Å². The molecule has 4 rings (SSSR count). The lowest BCUT2D eigenvalue weighted by Crippen LogP contribution is -2.40. The van der Waals surface area contributed by atoms with Gasteiger partial charge in [-0.15, -0.1) is 0 Å². The van der Waals surface area contributed by atoms with Gasteiger partial charge in [0.2, 0.25) is 5.91 Å². The zero-order chi connectivity index (χ0) is 28.1. The molecule has 1 fully saturated rings. The summed E-state index contributed by atoms with van der Waals surface area (Å²) in [6.07, 6.45) is 4.95. The van der Waals surface area contributed by atoms with E-state index in [0.717, 1.165) is 19.4 Å². The third kappa shape index (κ3) is 6.18. The number of rotatable bonds is 9. The summed E-state index contributed by atoms with van der Waals surface area (Å²) in [6, 6.07) is 4.69. The van der Waals surface area contributed by atoms with Crippen LogP contribution in [-0.2, 0) is 4.79 Å². The number of hydrogen-bond acceptors (Lipinski definition) is 8. The Hall–Kier alpha value is -4.03. The molecular weight excluding hydrogens is 522 g/mol. The van der Waals surface area contributed by atoms with Crippen LogP contribution in [0.5, 0.6) is 0 Å². The number of fused-ring (bicyclic) bond motifs is 1. The lowest BCUT2D eigenvalue weighted by Gasteiger charge is -2.32. The summed E-state index contributed by atoms with van der Waals surface area (Å²) < 4.78 is 7.24. The molecule has 0 saturated carbocycles. The van der Waals surface area contributed by atoms with Gasteiger partial charge in [0.05, 0.1) is 11.6 Å². The van der Waals surface area contributed by atoms with Gasteiger partial charge in [-0.2, -0.15) is 10.1 Å². The maximum Gasteiger partial charge on any atom is 0.302 e. The van der Waals surface area contributed by atoms with Crippen LogP contribution >= 0.6 is 11.6 Å². The van der Waals surface area contributed by atoms with Crippen molar-refractivity contribution in [1.82, 2.24) is 24.6 Å². The summed E-state index contributed by atoms with van der Waals surface area (Å²) in [6.45, 7) is 8.35. The number of carbonyl (C=O) groups excluding carboxylic acids is 2. The van der Waals surface area contributed by atoms with E-state index < -0.39 is 5.91 Å². The number of hydrogen-bond donors (Lipinski definition) is 2. The Morgan fingerprint density at radius 2 is 2.21 bits per heavy atom. The Morgan fingerprint density at radius 1 is 1.41 bits per heavy atom. The van der Waals surface area contributed by atoms with Crippen molar-refractivity contribution in [3.63, 3.8) is 0 Å². The highest BCUT2D eigenvalue weighted by molar-refractivity contribution is 6.31. The molecule has 12 nitrogen and oxygen atoms in total. The van der Waals surface area contributed by atoms with Gasteiger partial charge in [-0.25, -0.2) is 9.67 Å². The summed E-state index contributed by atoms with van der Waals surface area (Å²) in [5.41, 5.74) is 7.38. The van der Waals surface area contributed by atoms with Crippen LogP contribution in [0.25, 0.3) is 11.1 Å². The van der Waals surface area contributed by atoms with E-state index >= 15 is 0 Å². The molecule has 3 heterocycles. The van der Waals surface area contributed by atoms with Crippen LogP contribution < -0.4 is 11.1 Å². The van der Waals surface area contributed by atoms with Crippen molar-refractivity contribution in [3.8, 4) is 0 Å². The van der Waals surface area contributed by atoms with Gasteiger partial charge in [-0.05, 0) is 51.4 Å². The van der Waals surface area contributed by atoms with Crippen LogP contribution in [0.15, 0.2) is 44.8 Å². The number of nitrogens with two attached hydrogens (primary N) is 1. The Morgan fingerprint density at radius 3 is 2.92 bits per heavy atom. The molecule has 3 N–H and O–H groups in total. The maximum atomic E-state index is 13.4. The van der Waals surface area contributed by atoms with Gasteiger partial charge < -0.3 is 20.0 Å². The highest BCUT2D eigenvalue weighted by Gasteiger charge is 2.32. The lowest BCUT2D eigenvalue weighted by molar-refractivity contribution is -0.127. The van der Waals surface area contributed by atoms with Gasteiger partial charge in [0.1, 0.15) is 11.4 Å². The molecule has 3 aromatic rings. The second kappa shape index (κ2) is 12.2. The van der Waals surface area contributed by atoms with Gasteiger partial charge in [-0.3, -0.25) is 19.9 Å². The zero-order valence-electron chi connectivity index (χ0n) is 22.2. The Balaban J connectivity index is 1.61. The highest BCUT2D eigenvalue weighted by atomic mass is 35.5. The average molecular weight is 554 g/mol. The first kappa shape index (κ1) is 28.0. The summed E-state index contributed by atoms with van der Waals surface area (Å²) in [5, 5.41) is 7.71. The molecule has 0 spiro atoms. The van der Waals surface area contributed by atoms with Gasteiger partial charge in [0, 0.05) is 37.8 Å². The lowest BCUT2D eigenvalue weighted by atomic mass is 10.1. The van der Waals surface area contributed by atoms with E-state index in [1.54, 1.807) is 33.9 Å². The number of halogens is 1. The van der Waals surface area contributed by atoms with E-state index in [1.165, 1.54) is 7.05 Å². The quantitative estimate of drug-likeness (QED) is 0.235. The Kier molecular flexibility index (Phi) is 8.77. The molecule has 1 aliphatic rings. The normalized spacial score (nSPS) is 16.4. The second-order valence-corrected chi connectivity index (χ2v) is 9.62. The van der Waals surface area contributed by atoms with Crippen molar-refractivity contribution in [2.24, 2.45) is 15.7 Å². The minimum absolute atomic E-state index is 0.00765. The fourth-order valence-electron chi connectivity index (χ4n) is 4.37. The minimum Gasteiger partial charge on any atom is -0.423 e. The summed E-state index contributed by atoms with van der Waals surface area (Å²) in [5.74, 6) is -0.310. The monoisotopic (exact) mass is 553 g/mol. The van der Waals surface area contributed by atoms with E-state index in [1.807, 2.05) is 13.1 Å². The number of amidine groups is 1. The molecule has 0 aliphatic carbocycles. The molecule has 0 radical (unpaired) electrons. The smallest absolute Gasteiger partial charge is 0.302 e. The zero-order valence-corrected chi connectivity index (χ0v) is 23.0. The number of anilines is 1. The number of likely N-dealkylation sites (N-methyl/N-ethyl adjacent to an activating group) is 1. The fourth-order valence-corrected chi connectivity index (χ4v) is 4.54. The first-order chi connectivity index (χ1) is 18.7. The molecule has 13 heteroatoms. The number of piperidine rings is 1. The molecule has 1 aromatic carbocycles. The molecule has 1 atom stereocenters. The number of benzene rings is 1. The molecule has 1 aliphatic heterocycles. The predicted molar refractivity (Wildman–Crippen MR) is 152 cm³/mol. The minimum atomic E-state index is -0.607. The van der Waals surface area contributed by atoms with Crippen LogP contribution in [0.2, 0.25) is 5.02 Å². The Labute approximate surface area is 231 Å². The van der Waals surface area contributed by atoms with Crippen LogP contribution in [0.3, 0.4) is 0 Å². The number of amides is 2. The Bertz CT molecular complexity index is 1440. The SMILES string of the molecule is C=Nc1c(C(N)=NC)c(C(=O)Nc2nc3cc(Cl)ccc3o2)nn1[C@@H]1CCCN(C(=O)/C=C/CN(C)CC)C1. The van der Waals surface area contributed by atoms with E-state index in [-0.39, 0.29) is 35.1 Å². The van der Waals surface area contributed by atoms with E-state index in [2.05, 4.69) is 43.9 Å². The number of nitrogens with one attached hydrogen (secondary N) is 1. The van der Waals surface area contributed by atoms with Crippen molar-refractivity contribution in [1.29, 1.82) is 0 Å². The number of nitrogens with zero attached hydrogens (tertiary/aromatic N) is 7. The fraction of sp³-hybridized carbons (Fsp3) is 0.385. The van der Waals surface area contributed by atoms with Gasteiger partial charge >= 0.3 is 6.01 Å². The molecule has 2 amide bonds. The molecule has 39 heavy (non-hydrogen) atoms. The van der Waals surface area contributed by atoms with Gasteiger partial charge in [-0.1, -0.05) is 24.6 Å². The predicted octanol–water partition coefficient (Wildman–Crippen LogP) is 3.27. The molecule has 0 unspecified atom stereocenters. The number of likely N-dealkylation sites (tertiary alicyclic amines) is 1. The third-order valence-corrected chi connectivity index (χ3v) is 6.82. The highest BCUT2D eigenvalue weighted by Crippen LogP contribution is 2.31. The van der Waals surface area contributed by atoms with E-state index in [9.17, 15) is 9.59 Å². The molecular formula is C26H32ClN9O3. The van der Waals surface area contributed by atoms with Crippen molar-refractivity contribution < 1.29 is 14.0 Å². The number of carbonyl (C=O) groups is 2. The number of aromatic nitrogens is 3. The van der Waals surface area contributed by atoms with Crippen LogP contribution in [-0.4, -0.2) is 89.2 Å². The summed E-state index contributed by atoms with van der Waals surface area (Å²) in [7, 11) is 3.50. The van der Waals surface area contributed by atoms with Crippen molar-refractivity contribution >= 4 is 58.9 Å². The standard InChI is InChI=1S/C26H32ClN9O3/c1-5-34(4)12-7-9-20(37)35-13-6-8-17(15-35)36-24(30-3)21(23(28)29-2)22(33-36)25(38)32-26-31-18-14-16(27)10-11-19(18)39-26/h7,9-11,14,17H,3,5-6,8,12-13,15H2,1-2,4H3,(H2,28,29)(H,31,32,38)/b9-7+/t17-/m1/s1. The van der Waals surface area contributed by atoms with Crippen molar-refractivity contribution in [2.45, 2.75) is 25.8 Å². The molecule has 1 saturated heterocycles. The largest absolute Gasteiger partial charge is 0.423 e. The third-order valence-electron chi connectivity index (χ3n) is 6.59. The van der Waals surface area contributed by atoms with Gasteiger partial charge in [0.25, 0.3) is 5.91 Å². The van der Waals surface area contributed by atoms with Crippen LogP contribution in [0.1, 0.15) is 41.9 Å². The summed E-state index contributed by atoms with van der Waals surface area (Å²) >= 11 is 6.03. The van der Waals surface area contributed by atoms with Crippen molar-refractivity contribution in [2.75, 3.05) is 45.6 Å². The molecule has 0 bridgehead atoms. The average Bonchev–Trinajstić information content (AvgIpc) is 3.53. The van der Waals surface area contributed by atoms with E-state index in [0.29, 0.717) is 41.6 Å². The van der Waals surface area contributed by atoms with E-state index in [4.69, 9.17) is 21.8 Å². The first-order valence-electron chi connectivity index (χ1n) is 12.6. The van der Waals surface area contributed by atoms with Gasteiger partial charge in [0.15, 0.2) is 17.1 Å². The maximum absolute atomic E-state index is 13.4.